The first-order valence-corrected chi connectivity index (χ1v) is 8.91. The summed E-state index contributed by atoms with van der Waals surface area (Å²) < 4.78 is 7.47. The number of benzene rings is 2. The number of anilines is 1. The smallest absolute Gasteiger partial charge is 0.256 e. The molecule has 0 atom stereocenters. The fraction of sp³-hybridized carbons (Fsp3) is 0.190. The molecule has 2 amide bonds. The zero-order valence-corrected chi connectivity index (χ0v) is 15.8. The summed E-state index contributed by atoms with van der Waals surface area (Å²) >= 11 is 0. The van der Waals surface area contributed by atoms with E-state index >= 15 is 0 Å². The van der Waals surface area contributed by atoms with Gasteiger partial charge in [-0.05, 0) is 43.7 Å². The molecule has 0 aliphatic heterocycles. The first kappa shape index (κ1) is 19.2. The Morgan fingerprint density at radius 3 is 2.68 bits per heavy atom. The molecule has 7 heteroatoms. The SMILES string of the molecule is CC(C)n1nccc1NC(=O)c1cccc(COc2ccccc2C(N)=O)c1. The van der Waals surface area contributed by atoms with Gasteiger partial charge in [0, 0.05) is 17.7 Å². The molecule has 2 aromatic carbocycles. The second-order valence-corrected chi connectivity index (χ2v) is 6.56. The van der Waals surface area contributed by atoms with Crippen LogP contribution in [0.4, 0.5) is 5.82 Å². The Labute approximate surface area is 163 Å². The van der Waals surface area contributed by atoms with Crippen molar-refractivity contribution in [3.63, 3.8) is 0 Å². The molecule has 0 saturated heterocycles. The van der Waals surface area contributed by atoms with Crippen LogP contribution in [-0.4, -0.2) is 21.6 Å². The zero-order valence-electron chi connectivity index (χ0n) is 15.8. The van der Waals surface area contributed by atoms with Crippen molar-refractivity contribution in [3.8, 4) is 5.75 Å². The van der Waals surface area contributed by atoms with Crippen molar-refractivity contribution in [2.24, 2.45) is 5.73 Å². The molecular weight excluding hydrogens is 356 g/mol. The number of carbonyl (C=O) groups excluding carboxylic acids is 2. The summed E-state index contributed by atoms with van der Waals surface area (Å²) in [5.41, 5.74) is 6.98. The number of primary amides is 1. The van der Waals surface area contributed by atoms with Crippen molar-refractivity contribution < 1.29 is 14.3 Å². The molecule has 3 rings (SSSR count). The number of nitrogens with two attached hydrogens (primary N) is 1. The summed E-state index contributed by atoms with van der Waals surface area (Å²) in [6.45, 7) is 4.18. The standard InChI is InChI=1S/C21H22N4O3/c1-14(2)25-19(10-11-23-25)24-21(27)16-7-5-6-15(12-16)13-28-18-9-4-3-8-17(18)20(22)26/h3-12,14H,13H2,1-2H3,(H2,22,26)(H,24,27). The lowest BCUT2D eigenvalue weighted by atomic mass is 10.1. The lowest BCUT2D eigenvalue weighted by Crippen LogP contribution is -2.17. The van der Waals surface area contributed by atoms with Gasteiger partial charge in [0.1, 0.15) is 18.2 Å². The maximum absolute atomic E-state index is 12.6. The molecule has 28 heavy (non-hydrogen) atoms. The van der Waals surface area contributed by atoms with Crippen LogP contribution in [0.1, 0.15) is 46.2 Å². The Morgan fingerprint density at radius 1 is 1.14 bits per heavy atom. The van der Waals surface area contributed by atoms with Crippen LogP contribution >= 0.6 is 0 Å². The van der Waals surface area contributed by atoms with Crippen molar-refractivity contribution in [3.05, 3.63) is 77.5 Å². The molecule has 3 aromatic rings. The van der Waals surface area contributed by atoms with Gasteiger partial charge in [-0.2, -0.15) is 5.10 Å². The van der Waals surface area contributed by atoms with Gasteiger partial charge < -0.3 is 15.8 Å². The molecule has 0 bridgehead atoms. The van der Waals surface area contributed by atoms with Crippen LogP contribution in [0.5, 0.6) is 5.75 Å². The summed E-state index contributed by atoms with van der Waals surface area (Å²) in [6.07, 6.45) is 1.65. The number of rotatable bonds is 7. The topological polar surface area (TPSA) is 99.2 Å². The van der Waals surface area contributed by atoms with Gasteiger partial charge >= 0.3 is 0 Å². The van der Waals surface area contributed by atoms with E-state index in [9.17, 15) is 9.59 Å². The van der Waals surface area contributed by atoms with E-state index in [1.165, 1.54) is 0 Å². The number of aromatic nitrogens is 2. The Hall–Kier alpha value is -3.61. The van der Waals surface area contributed by atoms with E-state index in [1.807, 2.05) is 19.9 Å². The third-order valence-electron chi connectivity index (χ3n) is 4.14. The summed E-state index contributed by atoms with van der Waals surface area (Å²) in [7, 11) is 0. The van der Waals surface area contributed by atoms with Gasteiger partial charge in [0.2, 0.25) is 0 Å². The number of nitrogens with zero attached hydrogens (tertiary/aromatic N) is 2. The third kappa shape index (κ3) is 4.37. The minimum Gasteiger partial charge on any atom is -0.488 e. The first-order chi connectivity index (χ1) is 13.5. The van der Waals surface area contributed by atoms with Gasteiger partial charge in [-0.15, -0.1) is 0 Å². The van der Waals surface area contributed by atoms with E-state index in [4.69, 9.17) is 10.5 Å². The number of carbonyl (C=O) groups is 2. The highest BCUT2D eigenvalue weighted by atomic mass is 16.5. The van der Waals surface area contributed by atoms with E-state index in [0.29, 0.717) is 22.7 Å². The summed E-state index contributed by atoms with van der Waals surface area (Å²) in [5, 5.41) is 7.08. The normalized spacial score (nSPS) is 10.7. The van der Waals surface area contributed by atoms with Crippen LogP contribution in [-0.2, 0) is 6.61 Å². The Balaban J connectivity index is 1.71. The van der Waals surface area contributed by atoms with Gasteiger partial charge in [-0.1, -0.05) is 24.3 Å². The second-order valence-electron chi connectivity index (χ2n) is 6.56. The molecule has 0 aliphatic rings. The highest BCUT2D eigenvalue weighted by Crippen LogP contribution is 2.20. The van der Waals surface area contributed by atoms with E-state index < -0.39 is 5.91 Å². The average Bonchev–Trinajstić information content (AvgIpc) is 3.15. The number of para-hydroxylation sites is 1. The Kier molecular flexibility index (Phi) is 5.74. The second kappa shape index (κ2) is 8.39. The summed E-state index contributed by atoms with van der Waals surface area (Å²) in [4.78, 5) is 24.1. The number of amides is 2. The summed E-state index contributed by atoms with van der Waals surface area (Å²) in [5.74, 6) is 0.259. The van der Waals surface area contributed by atoms with Crippen LogP contribution in [0.2, 0.25) is 0 Å². The number of hydrogen-bond donors (Lipinski definition) is 2. The number of hydrogen-bond acceptors (Lipinski definition) is 4. The van der Waals surface area contributed by atoms with E-state index in [2.05, 4.69) is 10.4 Å². The molecule has 0 saturated carbocycles. The van der Waals surface area contributed by atoms with Crippen molar-refractivity contribution in [1.82, 2.24) is 9.78 Å². The van der Waals surface area contributed by atoms with Crippen molar-refractivity contribution in [2.75, 3.05) is 5.32 Å². The van der Waals surface area contributed by atoms with Gasteiger partial charge in [-0.25, -0.2) is 4.68 Å². The molecular formula is C21H22N4O3. The van der Waals surface area contributed by atoms with Crippen LogP contribution in [0.3, 0.4) is 0 Å². The lowest BCUT2D eigenvalue weighted by Gasteiger charge is -2.13. The quantitative estimate of drug-likeness (QED) is 0.658. The minimum atomic E-state index is -0.550. The van der Waals surface area contributed by atoms with Gasteiger partial charge in [0.15, 0.2) is 0 Å². The highest BCUT2D eigenvalue weighted by Gasteiger charge is 2.13. The van der Waals surface area contributed by atoms with Crippen LogP contribution < -0.4 is 15.8 Å². The monoisotopic (exact) mass is 378 g/mol. The van der Waals surface area contributed by atoms with Crippen LogP contribution in [0.25, 0.3) is 0 Å². The van der Waals surface area contributed by atoms with Gasteiger partial charge in [0.05, 0.1) is 11.8 Å². The lowest BCUT2D eigenvalue weighted by molar-refractivity contribution is 0.0994. The van der Waals surface area contributed by atoms with Crippen molar-refractivity contribution in [1.29, 1.82) is 0 Å². The van der Waals surface area contributed by atoms with E-state index in [-0.39, 0.29) is 18.6 Å². The zero-order chi connectivity index (χ0) is 20.1. The molecule has 3 N–H and O–H groups in total. The number of ether oxygens (including phenoxy) is 1. The molecule has 144 valence electrons. The molecule has 0 radical (unpaired) electrons. The largest absolute Gasteiger partial charge is 0.488 e. The van der Waals surface area contributed by atoms with Gasteiger partial charge in [0.25, 0.3) is 11.8 Å². The molecule has 7 nitrogen and oxygen atoms in total. The number of nitrogens with one attached hydrogen (secondary N) is 1. The minimum absolute atomic E-state index is 0.135. The fourth-order valence-corrected chi connectivity index (χ4v) is 2.77. The molecule has 1 aromatic heterocycles. The maximum Gasteiger partial charge on any atom is 0.256 e. The summed E-state index contributed by atoms with van der Waals surface area (Å²) in [6, 6.07) is 15.8. The predicted octanol–water partition coefficient (Wildman–Crippen LogP) is 3.39. The molecule has 0 spiro atoms. The van der Waals surface area contributed by atoms with Crippen LogP contribution in [0.15, 0.2) is 60.8 Å². The molecule has 1 heterocycles. The Bertz CT molecular complexity index is 995. The van der Waals surface area contributed by atoms with E-state index in [1.54, 1.807) is 59.4 Å². The predicted molar refractivity (Wildman–Crippen MR) is 106 cm³/mol. The van der Waals surface area contributed by atoms with Crippen molar-refractivity contribution >= 4 is 17.6 Å². The van der Waals surface area contributed by atoms with Gasteiger partial charge in [-0.3, -0.25) is 9.59 Å². The first-order valence-electron chi connectivity index (χ1n) is 8.91. The third-order valence-corrected chi connectivity index (χ3v) is 4.14. The Morgan fingerprint density at radius 2 is 1.93 bits per heavy atom. The molecule has 0 fully saturated rings. The van der Waals surface area contributed by atoms with E-state index in [0.717, 1.165) is 5.56 Å². The highest BCUT2D eigenvalue weighted by molar-refractivity contribution is 6.03. The molecule has 0 aliphatic carbocycles. The molecule has 0 unspecified atom stereocenters. The average molecular weight is 378 g/mol. The van der Waals surface area contributed by atoms with Crippen molar-refractivity contribution in [2.45, 2.75) is 26.5 Å². The maximum atomic E-state index is 12.6. The van der Waals surface area contributed by atoms with Crippen LogP contribution in [0, 0.1) is 0 Å². The fourth-order valence-electron chi connectivity index (χ4n) is 2.77.